The standard InChI is InChI=1S/C17H26N4O2S/c1-10-8-14(17(5,6)7)9-15(11(10)2)24(22,23)21-12(3)16-18-13(4)19-20-16/h8-9,12,21H,1-7H3,(H,18,19,20). The molecule has 2 N–H and O–H groups in total. The lowest BCUT2D eigenvalue weighted by atomic mass is 9.85. The Morgan fingerprint density at radius 3 is 2.29 bits per heavy atom. The van der Waals surface area contributed by atoms with Gasteiger partial charge in [-0.05, 0) is 55.9 Å². The van der Waals surface area contributed by atoms with Crippen LogP contribution in [0, 0.1) is 20.8 Å². The van der Waals surface area contributed by atoms with E-state index < -0.39 is 16.1 Å². The van der Waals surface area contributed by atoms with Crippen LogP contribution in [-0.4, -0.2) is 23.6 Å². The van der Waals surface area contributed by atoms with Gasteiger partial charge in [-0.2, -0.15) is 5.10 Å². The normalized spacial score (nSPS) is 14.0. The molecule has 0 fully saturated rings. The molecule has 2 rings (SSSR count). The fourth-order valence-corrected chi connectivity index (χ4v) is 3.99. The SMILES string of the molecule is Cc1nc(C(C)NS(=O)(=O)c2cc(C(C)(C)C)cc(C)c2C)n[nH]1. The maximum atomic E-state index is 12.9. The Hall–Kier alpha value is -1.73. The van der Waals surface area contributed by atoms with E-state index >= 15 is 0 Å². The van der Waals surface area contributed by atoms with Crippen LogP contribution >= 0.6 is 0 Å². The van der Waals surface area contributed by atoms with Crippen molar-refractivity contribution in [1.82, 2.24) is 19.9 Å². The van der Waals surface area contributed by atoms with Crippen LogP contribution in [0.2, 0.25) is 0 Å². The minimum absolute atomic E-state index is 0.130. The van der Waals surface area contributed by atoms with Crippen molar-refractivity contribution in [3.8, 4) is 0 Å². The highest BCUT2D eigenvalue weighted by Gasteiger charge is 2.25. The lowest BCUT2D eigenvalue weighted by Crippen LogP contribution is -2.29. The first-order valence-electron chi connectivity index (χ1n) is 7.95. The first kappa shape index (κ1) is 18.6. The highest BCUT2D eigenvalue weighted by atomic mass is 32.2. The summed E-state index contributed by atoms with van der Waals surface area (Å²) in [6.45, 7) is 13.5. The largest absolute Gasteiger partial charge is 0.263 e. The average Bonchev–Trinajstić information content (AvgIpc) is 2.86. The summed E-state index contributed by atoms with van der Waals surface area (Å²) in [7, 11) is -3.68. The highest BCUT2D eigenvalue weighted by Crippen LogP contribution is 2.29. The molecule has 1 aromatic carbocycles. The van der Waals surface area contributed by atoms with E-state index in [0.29, 0.717) is 16.5 Å². The molecular formula is C17H26N4O2S. The number of rotatable bonds is 4. The van der Waals surface area contributed by atoms with Gasteiger partial charge in [-0.15, -0.1) is 0 Å². The Bertz CT molecular complexity index is 848. The number of sulfonamides is 1. The lowest BCUT2D eigenvalue weighted by Gasteiger charge is -2.23. The summed E-state index contributed by atoms with van der Waals surface area (Å²) in [5, 5.41) is 6.76. The van der Waals surface area contributed by atoms with Crippen molar-refractivity contribution in [2.24, 2.45) is 0 Å². The topological polar surface area (TPSA) is 87.7 Å². The van der Waals surface area contributed by atoms with E-state index in [1.165, 1.54) is 0 Å². The summed E-state index contributed by atoms with van der Waals surface area (Å²) in [6, 6.07) is 3.30. The van der Waals surface area contributed by atoms with Crippen LogP contribution in [0.3, 0.4) is 0 Å². The fraction of sp³-hybridized carbons (Fsp3) is 0.529. The predicted octanol–water partition coefficient (Wildman–Crippen LogP) is 3.07. The van der Waals surface area contributed by atoms with E-state index in [0.717, 1.165) is 16.7 Å². The van der Waals surface area contributed by atoms with Crippen LogP contribution in [0.5, 0.6) is 0 Å². The molecule has 0 aliphatic heterocycles. The molecule has 0 bridgehead atoms. The van der Waals surface area contributed by atoms with E-state index in [4.69, 9.17) is 0 Å². The molecule has 0 aliphatic carbocycles. The Balaban J connectivity index is 2.43. The molecule has 1 heterocycles. The summed E-state index contributed by atoms with van der Waals surface area (Å²) < 4.78 is 28.5. The van der Waals surface area contributed by atoms with Gasteiger partial charge in [0, 0.05) is 0 Å². The summed E-state index contributed by atoms with van der Waals surface area (Å²) in [4.78, 5) is 4.50. The van der Waals surface area contributed by atoms with E-state index in [1.54, 1.807) is 19.9 Å². The number of hydrogen-bond donors (Lipinski definition) is 2. The maximum Gasteiger partial charge on any atom is 0.241 e. The number of H-pyrrole nitrogens is 1. The van der Waals surface area contributed by atoms with Gasteiger partial charge in [0.1, 0.15) is 5.82 Å². The minimum Gasteiger partial charge on any atom is -0.263 e. The molecule has 0 amide bonds. The molecular weight excluding hydrogens is 324 g/mol. The monoisotopic (exact) mass is 350 g/mol. The summed E-state index contributed by atoms with van der Waals surface area (Å²) in [5.41, 5.74) is 2.58. The lowest BCUT2D eigenvalue weighted by molar-refractivity contribution is 0.557. The van der Waals surface area contributed by atoms with E-state index in [-0.39, 0.29) is 5.41 Å². The Morgan fingerprint density at radius 2 is 1.79 bits per heavy atom. The average molecular weight is 350 g/mol. The smallest absolute Gasteiger partial charge is 0.241 e. The second kappa shape index (κ2) is 6.29. The van der Waals surface area contributed by atoms with Crippen LogP contribution in [0.4, 0.5) is 0 Å². The van der Waals surface area contributed by atoms with Crippen molar-refractivity contribution in [3.63, 3.8) is 0 Å². The first-order chi connectivity index (χ1) is 10.9. The number of aryl methyl sites for hydroxylation is 2. The van der Waals surface area contributed by atoms with Crippen LogP contribution in [-0.2, 0) is 15.4 Å². The van der Waals surface area contributed by atoms with Gasteiger partial charge in [0.05, 0.1) is 10.9 Å². The minimum atomic E-state index is -3.68. The summed E-state index contributed by atoms with van der Waals surface area (Å²) in [5.74, 6) is 1.08. The second-order valence-corrected chi connectivity index (χ2v) is 8.97. The van der Waals surface area contributed by atoms with Crippen molar-refractivity contribution in [1.29, 1.82) is 0 Å². The molecule has 0 saturated heterocycles. The van der Waals surface area contributed by atoms with Crippen molar-refractivity contribution in [3.05, 3.63) is 40.5 Å². The Morgan fingerprint density at radius 1 is 1.17 bits per heavy atom. The van der Waals surface area contributed by atoms with Crippen LogP contribution in [0.1, 0.15) is 62.1 Å². The Kier molecular flexibility index (Phi) is 4.88. The van der Waals surface area contributed by atoms with Gasteiger partial charge in [-0.25, -0.2) is 18.1 Å². The third kappa shape index (κ3) is 3.84. The second-order valence-electron chi connectivity index (χ2n) is 7.29. The van der Waals surface area contributed by atoms with E-state index in [2.05, 4.69) is 46.7 Å². The predicted molar refractivity (Wildman–Crippen MR) is 94.5 cm³/mol. The van der Waals surface area contributed by atoms with Crippen LogP contribution in [0.25, 0.3) is 0 Å². The van der Waals surface area contributed by atoms with E-state index in [9.17, 15) is 8.42 Å². The molecule has 0 aliphatic rings. The quantitative estimate of drug-likeness (QED) is 0.887. The molecule has 24 heavy (non-hydrogen) atoms. The number of aromatic nitrogens is 3. The fourth-order valence-electron chi connectivity index (χ4n) is 2.44. The van der Waals surface area contributed by atoms with Gasteiger partial charge < -0.3 is 0 Å². The number of aromatic amines is 1. The van der Waals surface area contributed by atoms with Crippen molar-refractivity contribution < 1.29 is 8.42 Å². The Labute approximate surface area is 144 Å². The zero-order valence-corrected chi connectivity index (χ0v) is 16.2. The number of nitrogens with zero attached hydrogens (tertiary/aromatic N) is 2. The van der Waals surface area contributed by atoms with Crippen molar-refractivity contribution in [2.75, 3.05) is 0 Å². The molecule has 2 aromatic rings. The van der Waals surface area contributed by atoms with E-state index in [1.807, 2.05) is 13.8 Å². The molecule has 1 aromatic heterocycles. The van der Waals surface area contributed by atoms with Gasteiger partial charge in [0.15, 0.2) is 5.82 Å². The van der Waals surface area contributed by atoms with Crippen LogP contribution in [0.15, 0.2) is 17.0 Å². The molecule has 7 heteroatoms. The zero-order valence-electron chi connectivity index (χ0n) is 15.4. The zero-order chi connectivity index (χ0) is 18.3. The third-order valence-electron chi connectivity index (χ3n) is 4.11. The van der Waals surface area contributed by atoms with Crippen LogP contribution < -0.4 is 4.72 Å². The van der Waals surface area contributed by atoms with Gasteiger partial charge in [0.2, 0.25) is 10.0 Å². The molecule has 1 unspecified atom stereocenters. The maximum absolute atomic E-state index is 12.9. The molecule has 132 valence electrons. The first-order valence-corrected chi connectivity index (χ1v) is 9.43. The molecule has 0 spiro atoms. The molecule has 0 saturated carbocycles. The molecule has 6 nitrogen and oxygen atoms in total. The summed E-state index contributed by atoms with van der Waals surface area (Å²) in [6.07, 6.45) is 0. The van der Waals surface area contributed by atoms with Gasteiger partial charge in [0.25, 0.3) is 0 Å². The van der Waals surface area contributed by atoms with Crippen molar-refractivity contribution in [2.45, 2.75) is 64.8 Å². The third-order valence-corrected chi connectivity index (χ3v) is 5.78. The summed E-state index contributed by atoms with van der Waals surface area (Å²) >= 11 is 0. The van der Waals surface area contributed by atoms with Crippen molar-refractivity contribution >= 4 is 10.0 Å². The van der Waals surface area contributed by atoms with Gasteiger partial charge >= 0.3 is 0 Å². The molecule has 0 radical (unpaired) electrons. The van der Waals surface area contributed by atoms with Gasteiger partial charge in [-0.3, -0.25) is 5.10 Å². The molecule has 1 atom stereocenters. The van der Waals surface area contributed by atoms with Gasteiger partial charge in [-0.1, -0.05) is 26.8 Å². The number of hydrogen-bond acceptors (Lipinski definition) is 4. The number of nitrogens with one attached hydrogen (secondary N) is 2. The number of benzene rings is 1. The highest BCUT2D eigenvalue weighted by molar-refractivity contribution is 7.89.